The SMILES string of the molecule is CC(C)(C)N1CC[C@H](Cl)O1. The average molecular weight is 164 g/mol. The molecule has 3 heteroatoms. The predicted molar refractivity (Wildman–Crippen MR) is 41.8 cm³/mol. The highest BCUT2D eigenvalue weighted by molar-refractivity contribution is 6.19. The van der Waals surface area contributed by atoms with Crippen molar-refractivity contribution in [1.29, 1.82) is 0 Å². The quantitative estimate of drug-likeness (QED) is 0.507. The molecular formula is C7H14ClNO. The highest BCUT2D eigenvalue weighted by Gasteiger charge is 2.30. The van der Waals surface area contributed by atoms with Crippen LogP contribution in [0.15, 0.2) is 0 Å². The van der Waals surface area contributed by atoms with Crippen LogP contribution < -0.4 is 0 Å². The Balaban J connectivity index is 2.45. The second kappa shape index (κ2) is 2.68. The predicted octanol–water partition coefficient (Wildman–Crippen LogP) is 1.99. The summed E-state index contributed by atoms with van der Waals surface area (Å²) in [4.78, 5) is 5.32. The minimum Gasteiger partial charge on any atom is -0.279 e. The maximum absolute atomic E-state index is 5.75. The fraction of sp³-hybridized carbons (Fsp3) is 1.00. The molecule has 1 aliphatic rings. The summed E-state index contributed by atoms with van der Waals surface area (Å²) in [5.41, 5.74) is -0.0249. The van der Waals surface area contributed by atoms with Crippen molar-refractivity contribution in [2.75, 3.05) is 6.54 Å². The smallest absolute Gasteiger partial charge is 0.154 e. The molecule has 1 rings (SSSR count). The summed E-state index contributed by atoms with van der Waals surface area (Å²) in [7, 11) is 0. The Hall–Kier alpha value is 0.210. The second-order valence-corrected chi connectivity index (χ2v) is 4.06. The van der Waals surface area contributed by atoms with E-state index in [1.807, 2.05) is 5.06 Å². The first-order valence-corrected chi connectivity index (χ1v) is 4.02. The van der Waals surface area contributed by atoms with Crippen LogP contribution in [0.4, 0.5) is 0 Å². The number of halogens is 1. The van der Waals surface area contributed by atoms with Crippen LogP contribution in [0.5, 0.6) is 0 Å². The number of hydroxylamine groups is 2. The molecule has 0 aromatic rings. The Kier molecular flexibility index (Phi) is 2.23. The fourth-order valence-corrected chi connectivity index (χ4v) is 1.15. The summed E-state index contributed by atoms with van der Waals surface area (Å²) in [6.07, 6.45) is 0.929. The van der Waals surface area contributed by atoms with Crippen molar-refractivity contribution in [3.8, 4) is 0 Å². The van der Waals surface area contributed by atoms with Gasteiger partial charge in [-0.05, 0) is 20.8 Å². The summed E-state index contributed by atoms with van der Waals surface area (Å²) in [6, 6.07) is 0. The zero-order valence-electron chi connectivity index (χ0n) is 6.72. The Bertz CT molecular complexity index is 121. The molecule has 1 aliphatic heterocycles. The van der Waals surface area contributed by atoms with Crippen molar-refractivity contribution >= 4 is 11.6 Å². The van der Waals surface area contributed by atoms with Crippen LogP contribution in [0, 0.1) is 0 Å². The zero-order valence-corrected chi connectivity index (χ0v) is 7.48. The van der Waals surface area contributed by atoms with E-state index in [0.717, 1.165) is 13.0 Å². The lowest BCUT2D eigenvalue weighted by molar-refractivity contribution is -0.176. The van der Waals surface area contributed by atoms with E-state index in [0.29, 0.717) is 0 Å². The van der Waals surface area contributed by atoms with E-state index in [1.54, 1.807) is 0 Å². The van der Waals surface area contributed by atoms with Crippen molar-refractivity contribution in [1.82, 2.24) is 5.06 Å². The fourth-order valence-electron chi connectivity index (χ4n) is 0.956. The Morgan fingerprint density at radius 2 is 2.10 bits per heavy atom. The summed E-state index contributed by atoms with van der Waals surface area (Å²) in [5.74, 6) is 0. The molecule has 0 N–H and O–H groups in total. The Morgan fingerprint density at radius 1 is 1.50 bits per heavy atom. The van der Waals surface area contributed by atoms with Gasteiger partial charge in [0.25, 0.3) is 0 Å². The maximum Gasteiger partial charge on any atom is 0.154 e. The van der Waals surface area contributed by atoms with E-state index in [9.17, 15) is 0 Å². The van der Waals surface area contributed by atoms with Crippen LogP contribution >= 0.6 is 11.6 Å². The van der Waals surface area contributed by atoms with Crippen LogP contribution in [-0.4, -0.2) is 22.7 Å². The monoisotopic (exact) mass is 163 g/mol. The first-order chi connectivity index (χ1) is 4.50. The van der Waals surface area contributed by atoms with E-state index in [4.69, 9.17) is 16.4 Å². The molecule has 0 amide bonds. The molecule has 1 heterocycles. The van der Waals surface area contributed by atoms with Gasteiger partial charge in [-0.15, -0.1) is 0 Å². The van der Waals surface area contributed by atoms with E-state index < -0.39 is 0 Å². The van der Waals surface area contributed by atoms with Crippen molar-refractivity contribution in [3.63, 3.8) is 0 Å². The average Bonchev–Trinajstić information content (AvgIpc) is 2.11. The lowest BCUT2D eigenvalue weighted by Gasteiger charge is -2.29. The molecule has 0 aliphatic carbocycles. The molecule has 1 fully saturated rings. The maximum atomic E-state index is 5.75. The van der Waals surface area contributed by atoms with E-state index in [-0.39, 0.29) is 11.1 Å². The number of alkyl halides is 1. The van der Waals surface area contributed by atoms with Gasteiger partial charge in [-0.3, -0.25) is 4.84 Å². The van der Waals surface area contributed by atoms with Gasteiger partial charge in [0.2, 0.25) is 0 Å². The molecule has 0 aromatic heterocycles. The van der Waals surface area contributed by atoms with Gasteiger partial charge in [0, 0.05) is 18.5 Å². The Labute approximate surface area is 67.1 Å². The van der Waals surface area contributed by atoms with Gasteiger partial charge in [0.15, 0.2) is 5.56 Å². The van der Waals surface area contributed by atoms with Crippen molar-refractivity contribution in [2.45, 2.75) is 38.3 Å². The molecule has 0 unspecified atom stereocenters. The van der Waals surface area contributed by atoms with Gasteiger partial charge in [-0.1, -0.05) is 11.6 Å². The van der Waals surface area contributed by atoms with Crippen molar-refractivity contribution in [3.05, 3.63) is 0 Å². The third kappa shape index (κ3) is 1.84. The third-order valence-corrected chi connectivity index (χ3v) is 1.85. The Morgan fingerprint density at radius 3 is 2.30 bits per heavy atom. The first-order valence-electron chi connectivity index (χ1n) is 3.58. The van der Waals surface area contributed by atoms with Gasteiger partial charge >= 0.3 is 0 Å². The number of hydrogen-bond acceptors (Lipinski definition) is 2. The van der Waals surface area contributed by atoms with Gasteiger partial charge in [0.1, 0.15) is 0 Å². The summed E-state index contributed by atoms with van der Waals surface area (Å²) < 4.78 is 0. The number of nitrogens with zero attached hydrogens (tertiary/aromatic N) is 1. The molecule has 0 aromatic carbocycles. The minimum absolute atomic E-state index is 0.0869. The molecule has 10 heavy (non-hydrogen) atoms. The molecular weight excluding hydrogens is 150 g/mol. The van der Waals surface area contributed by atoms with Crippen LogP contribution in [0.2, 0.25) is 0 Å². The van der Waals surface area contributed by atoms with E-state index in [1.165, 1.54) is 0 Å². The number of rotatable bonds is 0. The van der Waals surface area contributed by atoms with Gasteiger partial charge < -0.3 is 0 Å². The molecule has 0 spiro atoms. The van der Waals surface area contributed by atoms with Gasteiger partial charge in [-0.25, -0.2) is 0 Å². The molecule has 1 atom stereocenters. The highest BCUT2D eigenvalue weighted by atomic mass is 35.5. The third-order valence-electron chi connectivity index (χ3n) is 1.55. The molecule has 2 nitrogen and oxygen atoms in total. The highest BCUT2D eigenvalue weighted by Crippen LogP contribution is 2.24. The minimum atomic E-state index is -0.112. The van der Waals surface area contributed by atoms with Crippen molar-refractivity contribution < 1.29 is 4.84 Å². The first kappa shape index (κ1) is 8.31. The summed E-state index contributed by atoms with van der Waals surface area (Å²) in [5, 5.41) is 1.94. The van der Waals surface area contributed by atoms with Crippen molar-refractivity contribution in [2.24, 2.45) is 0 Å². The summed E-state index contributed by atoms with van der Waals surface area (Å²) >= 11 is 5.75. The van der Waals surface area contributed by atoms with Gasteiger partial charge in [-0.2, -0.15) is 5.06 Å². The topological polar surface area (TPSA) is 12.5 Å². The van der Waals surface area contributed by atoms with E-state index in [2.05, 4.69) is 20.8 Å². The van der Waals surface area contributed by atoms with Crippen LogP contribution in [0.1, 0.15) is 27.2 Å². The largest absolute Gasteiger partial charge is 0.279 e. The molecule has 0 saturated carbocycles. The van der Waals surface area contributed by atoms with E-state index >= 15 is 0 Å². The number of hydrogen-bond donors (Lipinski definition) is 0. The van der Waals surface area contributed by atoms with Crippen LogP contribution in [0.25, 0.3) is 0 Å². The standard InChI is InChI=1S/C7H14ClNO/c1-7(2,3)9-5-4-6(8)10-9/h6H,4-5H2,1-3H3/t6-/m1/s1. The normalized spacial score (nSPS) is 29.4. The molecule has 1 saturated heterocycles. The molecule has 0 bridgehead atoms. The molecule has 0 radical (unpaired) electrons. The lowest BCUT2D eigenvalue weighted by Crippen LogP contribution is -2.38. The van der Waals surface area contributed by atoms with Crippen LogP contribution in [-0.2, 0) is 4.84 Å². The zero-order chi connectivity index (χ0) is 7.78. The lowest BCUT2D eigenvalue weighted by atomic mass is 10.1. The summed E-state index contributed by atoms with van der Waals surface area (Å²) in [6.45, 7) is 7.28. The van der Waals surface area contributed by atoms with Crippen LogP contribution in [0.3, 0.4) is 0 Å². The second-order valence-electron chi connectivity index (χ2n) is 3.58. The van der Waals surface area contributed by atoms with Gasteiger partial charge in [0.05, 0.1) is 0 Å². The molecule has 60 valence electrons.